The number of Topliss-reactive ketones (excluding diaryl/α,β-unsaturated/α-hetero) is 1. The van der Waals surface area contributed by atoms with Crippen LogP contribution in [0.1, 0.15) is 31.6 Å². The summed E-state index contributed by atoms with van der Waals surface area (Å²) in [5, 5.41) is 0. The summed E-state index contributed by atoms with van der Waals surface area (Å²) in [7, 11) is 0. The highest BCUT2D eigenvalue weighted by Crippen LogP contribution is 2.22. The SMILES string of the molecule is CC(C)(N)CCC(=O)Cc1ccc(Cl)s1. The average molecular weight is 246 g/mol. The Hall–Kier alpha value is -0.380. The lowest BCUT2D eigenvalue weighted by molar-refractivity contribution is -0.118. The van der Waals surface area contributed by atoms with Gasteiger partial charge in [0.15, 0.2) is 0 Å². The van der Waals surface area contributed by atoms with Gasteiger partial charge in [0.25, 0.3) is 0 Å². The molecule has 0 atom stereocenters. The van der Waals surface area contributed by atoms with Gasteiger partial charge in [-0.2, -0.15) is 0 Å². The van der Waals surface area contributed by atoms with Crippen LogP contribution >= 0.6 is 22.9 Å². The van der Waals surface area contributed by atoms with Crippen LogP contribution in [0.15, 0.2) is 12.1 Å². The molecule has 1 heterocycles. The number of halogens is 1. The predicted octanol–water partition coefficient (Wildman–Crippen LogP) is 3.03. The van der Waals surface area contributed by atoms with E-state index in [-0.39, 0.29) is 11.3 Å². The number of ketones is 1. The van der Waals surface area contributed by atoms with Crippen molar-refractivity contribution in [3.05, 3.63) is 21.3 Å². The minimum Gasteiger partial charge on any atom is -0.326 e. The molecule has 0 aliphatic rings. The second kappa shape index (κ2) is 5.10. The molecule has 0 fully saturated rings. The molecule has 1 aromatic heterocycles. The van der Waals surface area contributed by atoms with Crippen molar-refractivity contribution in [1.82, 2.24) is 0 Å². The van der Waals surface area contributed by atoms with Crippen LogP contribution in [0.2, 0.25) is 4.34 Å². The molecule has 84 valence electrons. The van der Waals surface area contributed by atoms with E-state index >= 15 is 0 Å². The average Bonchev–Trinajstić information content (AvgIpc) is 2.47. The fourth-order valence-electron chi connectivity index (χ4n) is 1.19. The van der Waals surface area contributed by atoms with Crippen LogP contribution < -0.4 is 5.73 Å². The zero-order chi connectivity index (χ0) is 11.5. The Labute approximate surface area is 99.4 Å². The van der Waals surface area contributed by atoms with Gasteiger partial charge in [-0.25, -0.2) is 0 Å². The van der Waals surface area contributed by atoms with Crippen LogP contribution in [0.5, 0.6) is 0 Å². The van der Waals surface area contributed by atoms with Gasteiger partial charge in [-0.05, 0) is 32.4 Å². The zero-order valence-electron chi connectivity index (χ0n) is 9.05. The minimum absolute atomic E-state index is 0.229. The molecule has 0 spiro atoms. The molecule has 0 amide bonds. The molecule has 0 unspecified atom stereocenters. The zero-order valence-corrected chi connectivity index (χ0v) is 10.6. The lowest BCUT2D eigenvalue weighted by atomic mass is 9.97. The first kappa shape index (κ1) is 12.7. The minimum atomic E-state index is -0.261. The number of carbonyl (C=O) groups is 1. The highest BCUT2D eigenvalue weighted by molar-refractivity contribution is 7.16. The van der Waals surface area contributed by atoms with E-state index in [9.17, 15) is 4.79 Å². The molecule has 0 aromatic carbocycles. The summed E-state index contributed by atoms with van der Waals surface area (Å²) >= 11 is 7.24. The molecule has 0 saturated carbocycles. The normalized spacial score (nSPS) is 11.7. The van der Waals surface area contributed by atoms with E-state index in [0.717, 1.165) is 15.6 Å². The van der Waals surface area contributed by atoms with Crippen molar-refractivity contribution in [3.8, 4) is 0 Å². The van der Waals surface area contributed by atoms with Gasteiger partial charge >= 0.3 is 0 Å². The number of thiophene rings is 1. The molecule has 0 radical (unpaired) electrons. The van der Waals surface area contributed by atoms with Crippen molar-refractivity contribution in [2.45, 2.75) is 38.6 Å². The molecular weight excluding hydrogens is 230 g/mol. The molecule has 2 nitrogen and oxygen atoms in total. The third-order valence-electron chi connectivity index (χ3n) is 2.05. The molecule has 2 N–H and O–H groups in total. The summed E-state index contributed by atoms with van der Waals surface area (Å²) < 4.78 is 0.733. The summed E-state index contributed by atoms with van der Waals surface area (Å²) in [6.07, 6.45) is 1.75. The van der Waals surface area contributed by atoms with E-state index in [1.54, 1.807) is 0 Å². The van der Waals surface area contributed by atoms with Crippen LogP contribution in [-0.4, -0.2) is 11.3 Å². The van der Waals surface area contributed by atoms with Crippen LogP contribution in [0.4, 0.5) is 0 Å². The standard InChI is InChI=1S/C11H16ClNOS/c1-11(2,13)6-5-8(14)7-9-3-4-10(12)15-9/h3-4H,5-7,13H2,1-2H3. The number of hydrogen-bond acceptors (Lipinski definition) is 3. The molecule has 0 bridgehead atoms. The lowest BCUT2D eigenvalue weighted by Gasteiger charge is -2.17. The third-order valence-corrected chi connectivity index (χ3v) is 3.28. The maximum atomic E-state index is 11.6. The fourth-order valence-corrected chi connectivity index (χ4v) is 2.31. The summed E-state index contributed by atoms with van der Waals surface area (Å²) in [6, 6.07) is 3.72. The van der Waals surface area contributed by atoms with Gasteiger partial charge in [0, 0.05) is 23.3 Å². The van der Waals surface area contributed by atoms with E-state index < -0.39 is 0 Å². The predicted molar refractivity (Wildman–Crippen MR) is 65.5 cm³/mol. The Morgan fingerprint density at radius 1 is 1.53 bits per heavy atom. The first-order valence-corrected chi connectivity index (χ1v) is 6.11. The smallest absolute Gasteiger partial charge is 0.138 e. The van der Waals surface area contributed by atoms with E-state index in [4.69, 9.17) is 17.3 Å². The van der Waals surface area contributed by atoms with Crippen molar-refractivity contribution >= 4 is 28.7 Å². The van der Waals surface area contributed by atoms with Gasteiger partial charge in [-0.1, -0.05) is 11.6 Å². The van der Waals surface area contributed by atoms with Gasteiger partial charge in [0.05, 0.1) is 4.34 Å². The summed E-state index contributed by atoms with van der Waals surface area (Å²) in [4.78, 5) is 12.6. The number of carbonyl (C=O) groups excluding carboxylic acids is 1. The second-order valence-corrected chi connectivity index (χ2v) is 6.21. The summed E-state index contributed by atoms with van der Waals surface area (Å²) in [5.74, 6) is 0.229. The molecule has 0 aliphatic heterocycles. The van der Waals surface area contributed by atoms with Crippen LogP contribution in [0.3, 0.4) is 0 Å². The van der Waals surface area contributed by atoms with Crippen molar-refractivity contribution in [2.24, 2.45) is 5.73 Å². The molecular formula is C11H16ClNOS. The quantitative estimate of drug-likeness (QED) is 0.867. The van der Waals surface area contributed by atoms with E-state index in [0.29, 0.717) is 12.8 Å². The Morgan fingerprint density at radius 2 is 2.20 bits per heavy atom. The number of nitrogens with two attached hydrogens (primary N) is 1. The Morgan fingerprint density at radius 3 is 2.67 bits per heavy atom. The Bertz CT molecular complexity index is 341. The van der Waals surface area contributed by atoms with Crippen LogP contribution in [-0.2, 0) is 11.2 Å². The molecule has 0 aliphatic carbocycles. The maximum Gasteiger partial charge on any atom is 0.138 e. The molecule has 4 heteroatoms. The highest BCUT2D eigenvalue weighted by Gasteiger charge is 2.13. The highest BCUT2D eigenvalue weighted by atomic mass is 35.5. The van der Waals surface area contributed by atoms with Crippen LogP contribution in [0, 0.1) is 0 Å². The van der Waals surface area contributed by atoms with E-state index in [1.165, 1.54) is 11.3 Å². The summed E-state index contributed by atoms with van der Waals surface area (Å²) in [6.45, 7) is 3.87. The van der Waals surface area contributed by atoms with Gasteiger partial charge < -0.3 is 5.73 Å². The van der Waals surface area contributed by atoms with Crippen molar-refractivity contribution in [3.63, 3.8) is 0 Å². The van der Waals surface area contributed by atoms with Crippen LogP contribution in [0.25, 0.3) is 0 Å². The first-order valence-electron chi connectivity index (χ1n) is 4.91. The topological polar surface area (TPSA) is 43.1 Å². The molecule has 0 saturated heterocycles. The molecule has 1 rings (SSSR count). The largest absolute Gasteiger partial charge is 0.326 e. The van der Waals surface area contributed by atoms with Crippen molar-refractivity contribution in [1.29, 1.82) is 0 Å². The van der Waals surface area contributed by atoms with Crippen molar-refractivity contribution in [2.75, 3.05) is 0 Å². The van der Waals surface area contributed by atoms with Gasteiger partial charge in [-0.15, -0.1) is 11.3 Å². The van der Waals surface area contributed by atoms with Gasteiger partial charge in [0.1, 0.15) is 5.78 Å². The maximum absolute atomic E-state index is 11.6. The first-order chi connectivity index (χ1) is 6.87. The van der Waals surface area contributed by atoms with Gasteiger partial charge in [-0.3, -0.25) is 4.79 Å². The molecule has 15 heavy (non-hydrogen) atoms. The Balaban J connectivity index is 2.37. The Kier molecular flexibility index (Phi) is 4.32. The molecule has 1 aromatic rings. The van der Waals surface area contributed by atoms with E-state index in [2.05, 4.69) is 0 Å². The second-order valence-electron chi connectivity index (χ2n) is 4.41. The monoisotopic (exact) mass is 245 g/mol. The number of rotatable bonds is 5. The fraction of sp³-hybridized carbons (Fsp3) is 0.545. The van der Waals surface area contributed by atoms with E-state index in [1.807, 2.05) is 26.0 Å². The third kappa shape index (κ3) is 5.30. The van der Waals surface area contributed by atoms with Crippen molar-refractivity contribution < 1.29 is 4.79 Å². The van der Waals surface area contributed by atoms with Gasteiger partial charge in [0.2, 0.25) is 0 Å². The number of hydrogen-bond donors (Lipinski definition) is 1. The summed E-state index contributed by atoms with van der Waals surface area (Å²) in [5.41, 5.74) is 5.55. The lowest BCUT2D eigenvalue weighted by Crippen LogP contribution is -2.32.